The lowest BCUT2D eigenvalue weighted by molar-refractivity contribution is -0.116. The number of methoxy groups -OCH3 is 1. The van der Waals surface area contributed by atoms with Gasteiger partial charge in [0.25, 0.3) is 5.56 Å². The van der Waals surface area contributed by atoms with Crippen LogP contribution < -0.4 is 20.3 Å². The van der Waals surface area contributed by atoms with E-state index >= 15 is 0 Å². The van der Waals surface area contributed by atoms with Crippen molar-refractivity contribution in [3.8, 4) is 29.7 Å². The highest BCUT2D eigenvalue weighted by Crippen LogP contribution is 2.42. The Hall–Kier alpha value is -4.06. The average molecular weight is 405 g/mol. The minimum atomic E-state index is -0.322. The second-order valence-corrected chi connectivity index (χ2v) is 6.75. The molecule has 1 aliphatic rings. The van der Waals surface area contributed by atoms with Crippen LogP contribution in [0, 0.1) is 19.3 Å². The second kappa shape index (κ2) is 7.75. The van der Waals surface area contributed by atoms with E-state index in [4.69, 9.17) is 15.9 Å². The van der Waals surface area contributed by atoms with Crippen molar-refractivity contribution in [2.45, 2.75) is 19.3 Å². The number of hydrogen-bond acceptors (Lipinski definition) is 6. The van der Waals surface area contributed by atoms with E-state index in [1.54, 1.807) is 19.2 Å². The van der Waals surface area contributed by atoms with Gasteiger partial charge in [-0.2, -0.15) is 14.9 Å². The van der Waals surface area contributed by atoms with E-state index in [9.17, 15) is 9.59 Å². The minimum Gasteiger partial charge on any atom is -0.493 e. The molecular formula is C21H19N5O4. The Bertz CT molecular complexity index is 1200. The number of aromatic amines is 1. The van der Waals surface area contributed by atoms with Crippen LogP contribution in [0.15, 0.2) is 35.1 Å². The zero-order chi connectivity index (χ0) is 21.3. The molecule has 1 amide bonds. The summed E-state index contributed by atoms with van der Waals surface area (Å²) in [5, 5.41) is 13.8. The molecule has 0 spiro atoms. The van der Waals surface area contributed by atoms with Crippen molar-refractivity contribution in [1.29, 1.82) is 0 Å². The Balaban J connectivity index is 1.79. The second-order valence-electron chi connectivity index (χ2n) is 6.75. The molecule has 9 nitrogen and oxygen atoms in total. The van der Waals surface area contributed by atoms with Crippen LogP contribution in [0.5, 0.6) is 11.5 Å². The third kappa shape index (κ3) is 3.39. The van der Waals surface area contributed by atoms with Gasteiger partial charge in [-0.3, -0.25) is 9.59 Å². The maximum atomic E-state index is 12.5. The van der Waals surface area contributed by atoms with Crippen molar-refractivity contribution >= 4 is 11.7 Å². The summed E-state index contributed by atoms with van der Waals surface area (Å²) in [6, 6.07) is 8.40. The van der Waals surface area contributed by atoms with Gasteiger partial charge in [0, 0.05) is 24.0 Å². The molecule has 0 radical (unpaired) electrons. The standard InChI is InChI=1S/C21H19N5O4/c1-4-9-30-15-6-5-13(10-16(15)29-3)14-11-19(28)22-21-20(14)12(2)25-26(21)17-7-8-18(27)24-23-17/h1,5-8,10,14H,9,11H2,2-3H3,(H,22,28)(H,24,27)/t14-/m1/s1. The smallest absolute Gasteiger partial charge is 0.264 e. The summed E-state index contributed by atoms with van der Waals surface area (Å²) in [5.74, 6) is 4.03. The number of amides is 1. The van der Waals surface area contributed by atoms with Gasteiger partial charge in [0.15, 0.2) is 17.3 Å². The normalized spacial score (nSPS) is 15.1. The van der Waals surface area contributed by atoms with Crippen LogP contribution >= 0.6 is 0 Å². The Morgan fingerprint density at radius 1 is 1.27 bits per heavy atom. The number of aromatic nitrogens is 4. The van der Waals surface area contributed by atoms with Gasteiger partial charge in [-0.05, 0) is 30.7 Å². The molecule has 3 heterocycles. The Morgan fingerprint density at radius 2 is 2.10 bits per heavy atom. The fraction of sp³-hybridized carbons (Fsp3) is 0.238. The quantitative estimate of drug-likeness (QED) is 0.626. The first-order valence-corrected chi connectivity index (χ1v) is 9.21. The first-order chi connectivity index (χ1) is 14.5. The Labute approximate surface area is 172 Å². The van der Waals surface area contributed by atoms with E-state index in [1.807, 2.05) is 19.1 Å². The third-order valence-electron chi connectivity index (χ3n) is 4.89. The van der Waals surface area contributed by atoms with Crippen molar-refractivity contribution in [1.82, 2.24) is 20.0 Å². The number of anilines is 1. The van der Waals surface area contributed by atoms with Gasteiger partial charge >= 0.3 is 0 Å². The lowest BCUT2D eigenvalue weighted by Crippen LogP contribution is -2.25. The van der Waals surface area contributed by atoms with Gasteiger partial charge in [-0.25, -0.2) is 5.10 Å². The number of nitrogens with zero attached hydrogens (tertiary/aromatic N) is 3. The van der Waals surface area contributed by atoms with Crippen molar-refractivity contribution < 1.29 is 14.3 Å². The third-order valence-corrected chi connectivity index (χ3v) is 4.89. The molecule has 0 fully saturated rings. The summed E-state index contributed by atoms with van der Waals surface area (Å²) in [6.45, 7) is 2.00. The van der Waals surface area contributed by atoms with Gasteiger partial charge in [0.1, 0.15) is 12.4 Å². The highest BCUT2D eigenvalue weighted by molar-refractivity contribution is 5.95. The topological polar surface area (TPSA) is 111 Å². The minimum absolute atomic E-state index is 0.129. The van der Waals surface area contributed by atoms with Crippen LogP contribution in [0.25, 0.3) is 5.82 Å². The molecule has 152 valence electrons. The van der Waals surface area contributed by atoms with Crippen molar-refractivity contribution in [3.63, 3.8) is 0 Å². The van der Waals surface area contributed by atoms with Gasteiger partial charge < -0.3 is 14.8 Å². The SMILES string of the molecule is C#CCOc1ccc([C@H]2CC(=O)Nc3c2c(C)nn3-c2ccc(=O)[nH]n2)cc1OC. The van der Waals surface area contributed by atoms with Gasteiger partial charge in [0.05, 0.1) is 12.8 Å². The molecule has 1 atom stereocenters. The summed E-state index contributed by atoms with van der Waals surface area (Å²) >= 11 is 0. The number of carbonyl (C=O) groups is 1. The zero-order valence-electron chi connectivity index (χ0n) is 16.4. The highest BCUT2D eigenvalue weighted by atomic mass is 16.5. The summed E-state index contributed by atoms with van der Waals surface area (Å²) in [5.41, 5.74) is 2.18. The highest BCUT2D eigenvalue weighted by Gasteiger charge is 2.33. The molecule has 1 aliphatic heterocycles. The first kappa shape index (κ1) is 19.3. The molecule has 2 aromatic heterocycles. The number of fused-ring (bicyclic) bond motifs is 1. The van der Waals surface area contributed by atoms with E-state index in [1.165, 1.54) is 10.7 Å². The fourth-order valence-corrected chi connectivity index (χ4v) is 3.59. The predicted octanol–water partition coefficient (Wildman–Crippen LogP) is 1.76. The molecule has 0 unspecified atom stereocenters. The van der Waals surface area contributed by atoms with Crippen LogP contribution in [0.1, 0.15) is 29.2 Å². The van der Waals surface area contributed by atoms with Crippen molar-refractivity contribution in [3.05, 3.63) is 57.5 Å². The molecule has 9 heteroatoms. The number of H-pyrrole nitrogens is 1. The lowest BCUT2D eigenvalue weighted by Gasteiger charge is -2.25. The number of terminal acetylenes is 1. The van der Waals surface area contributed by atoms with Gasteiger partial charge in [-0.15, -0.1) is 6.42 Å². The molecule has 3 aromatic rings. The number of carbonyl (C=O) groups excluding carboxylic acids is 1. The summed E-state index contributed by atoms with van der Waals surface area (Å²) in [6.07, 6.45) is 5.52. The van der Waals surface area contributed by atoms with E-state index in [2.05, 4.69) is 26.5 Å². The Kier molecular flexibility index (Phi) is 4.98. The van der Waals surface area contributed by atoms with Crippen LogP contribution in [0.2, 0.25) is 0 Å². The number of hydrogen-bond donors (Lipinski definition) is 2. The number of aryl methyl sites for hydroxylation is 1. The summed E-state index contributed by atoms with van der Waals surface area (Å²) in [4.78, 5) is 23.9. The van der Waals surface area contributed by atoms with Gasteiger partial charge in [-0.1, -0.05) is 12.0 Å². The summed E-state index contributed by atoms with van der Waals surface area (Å²) < 4.78 is 12.5. The molecule has 1 aromatic carbocycles. The molecule has 30 heavy (non-hydrogen) atoms. The molecular weight excluding hydrogens is 386 g/mol. The monoisotopic (exact) mass is 405 g/mol. The van der Waals surface area contributed by atoms with E-state index in [0.717, 1.165) is 16.8 Å². The van der Waals surface area contributed by atoms with E-state index < -0.39 is 0 Å². The van der Waals surface area contributed by atoms with Crippen molar-refractivity contribution in [2.24, 2.45) is 0 Å². The molecule has 0 aliphatic carbocycles. The Morgan fingerprint density at radius 3 is 2.80 bits per heavy atom. The number of nitrogens with one attached hydrogen (secondary N) is 2. The molecule has 0 saturated heterocycles. The first-order valence-electron chi connectivity index (χ1n) is 9.21. The average Bonchev–Trinajstić information content (AvgIpc) is 3.08. The van der Waals surface area contributed by atoms with Crippen LogP contribution in [0.3, 0.4) is 0 Å². The maximum Gasteiger partial charge on any atom is 0.264 e. The number of benzene rings is 1. The van der Waals surface area contributed by atoms with Crippen LogP contribution in [-0.4, -0.2) is 39.6 Å². The zero-order valence-corrected chi connectivity index (χ0v) is 16.4. The van der Waals surface area contributed by atoms with E-state index in [-0.39, 0.29) is 30.4 Å². The fourth-order valence-electron chi connectivity index (χ4n) is 3.59. The molecule has 4 rings (SSSR count). The van der Waals surface area contributed by atoms with Crippen LogP contribution in [0.4, 0.5) is 5.82 Å². The lowest BCUT2D eigenvalue weighted by atomic mass is 9.85. The number of rotatable bonds is 5. The maximum absolute atomic E-state index is 12.5. The largest absolute Gasteiger partial charge is 0.493 e. The molecule has 2 N–H and O–H groups in total. The van der Waals surface area contributed by atoms with Crippen molar-refractivity contribution in [2.75, 3.05) is 19.0 Å². The van der Waals surface area contributed by atoms with Crippen LogP contribution in [-0.2, 0) is 4.79 Å². The van der Waals surface area contributed by atoms with Gasteiger partial charge in [0.2, 0.25) is 5.91 Å². The summed E-state index contributed by atoms with van der Waals surface area (Å²) in [7, 11) is 1.55. The van der Waals surface area contributed by atoms with E-state index in [0.29, 0.717) is 23.1 Å². The number of ether oxygens (including phenoxy) is 2. The molecule has 0 bridgehead atoms. The molecule has 0 saturated carbocycles. The predicted molar refractivity (Wildman–Crippen MR) is 109 cm³/mol.